The number of hydrogen-bond acceptors (Lipinski definition) is 4. The van der Waals surface area contributed by atoms with Gasteiger partial charge in [0.05, 0.1) is 23.0 Å². The molecular formula is C19H24N4O4. The van der Waals surface area contributed by atoms with Gasteiger partial charge in [0.1, 0.15) is 6.54 Å². The van der Waals surface area contributed by atoms with Crippen LogP contribution in [0.4, 0.5) is 5.69 Å². The van der Waals surface area contributed by atoms with E-state index in [0.717, 1.165) is 5.69 Å². The highest BCUT2D eigenvalue weighted by Crippen LogP contribution is 2.21. The van der Waals surface area contributed by atoms with E-state index in [4.69, 9.17) is 5.11 Å². The minimum absolute atomic E-state index is 0.227. The van der Waals surface area contributed by atoms with E-state index in [9.17, 15) is 14.4 Å². The fraction of sp³-hybridized carbons (Fsp3) is 0.368. The molecule has 0 aliphatic heterocycles. The van der Waals surface area contributed by atoms with Gasteiger partial charge in [-0.05, 0) is 51.5 Å². The van der Waals surface area contributed by atoms with E-state index in [2.05, 4.69) is 15.7 Å². The minimum Gasteiger partial charge on any atom is -0.480 e. The first kappa shape index (κ1) is 20.2. The Labute approximate surface area is 157 Å². The Bertz CT molecular complexity index is 848. The van der Waals surface area contributed by atoms with Crippen molar-refractivity contribution in [2.45, 2.75) is 39.7 Å². The lowest BCUT2D eigenvalue weighted by atomic mass is 10.1. The van der Waals surface area contributed by atoms with Gasteiger partial charge in [-0.1, -0.05) is 6.92 Å². The standard InChI is InChI=1S/C19H24N4O4/c1-5-15-14(10-21-23(15)19(2,3)4)18(27)22-13-8-6-12(7-9-13)17(26)20-11-16(24)25/h6-10H,5,11H2,1-4H3,(H,20,26)(H,22,27)(H,24,25). The summed E-state index contributed by atoms with van der Waals surface area (Å²) in [6.07, 6.45) is 2.23. The number of carboxylic acids is 1. The van der Waals surface area contributed by atoms with Crippen LogP contribution in [0.3, 0.4) is 0 Å². The van der Waals surface area contributed by atoms with Gasteiger partial charge in [0.2, 0.25) is 0 Å². The van der Waals surface area contributed by atoms with Crippen LogP contribution in [0.25, 0.3) is 0 Å². The highest BCUT2D eigenvalue weighted by atomic mass is 16.4. The summed E-state index contributed by atoms with van der Waals surface area (Å²) in [5.41, 5.74) is 1.97. The van der Waals surface area contributed by atoms with Crippen molar-refractivity contribution >= 4 is 23.5 Å². The number of anilines is 1. The number of carbonyl (C=O) groups is 3. The summed E-state index contributed by atoms with van der Waals surface area (Å²) >= 11 is 0. The van der Waals surface area contributed by atoms with Crippen molar-refractivity contribution in [2.24, 2.45) is 0 Å². The van der Waals surface area contributed by atoms with E-state index >= 15 is 0 Å². The molecule has 8 heteroatoms. The molecule has 8 nitrogen and oxygen atoms in total. The first-order valence-corrected chi connectivity index (χ1v) is 8.62. The van der Waals surface area contributed by atoms with Crippen LogP contribution in [0.2, 0.25) is 0 Å². The molecule has 1 aromatic carbocycles. The fourth-order valence-electron chi connectivity index (χ4n) is 2.64. The molecule has 2 rings (SSSR count). The van der Waals surface area contributed by atoms with Crippen LogP contribution in [0.5, 0.6) is 0 Å². The largest absolute Gasteiger partial charge is 0.480 e. The predicted octanol–water partition coefficient (Wildman–Crippen LogP) is 2.27. The summed E-state index contributed by atoms with van der Waals surface area (Å²) in [5.74, 6) is -1.88. The lowest BCUT2D eigenvalue weighted by Crippen LogP contribution is -2.29. The number of nitrogens with one attached hydrogen (secondary N) is 2. The number of aliphatic carboxylic acids is 1. The average Bonchev–Trinajstić information content (AvgIpc) is 3.04. The number of aromatic nitrogens is 2. The smallest absolute Gasteiger partial charge is 0.322 e. The van der Waals surface area contributed by atoms with Crippen LogP contribution in [0, 0.1) is 0 Å². The van der Waals surface area contributed by atoms with Crippen molar-refractivity contribution in [3.05, 3.63) is 47.3 Å². The van der Waals surface area contributed by atoms with Gasteiger partial charge in [-0.2, -0.15) is 5.10 Å². The van der Waals surface area contributed by atoms with Crippen LogP contribution < -0.4 is 10.6 Å². The second kappa shape index (κ2) is 8.03. The van der Waals surface area contributed by atoms with Crippen LogP contribution >= 0.6 is 0 Å². The Balaban J connectivity index is 2.12. The monoisotopic (exact) mass is 372 g/mol. The van der Waals surface area contributed by atoms with Crippen LogP contribution in [-0.2, 0) is 16.8 Å². The van der Waals surface area contributed by atoms with Crippen molar-refractivity contribution < 1.29 is 19.5 Å². The molecule has 2 amide bonds. The van der Waals surface area contributed by atoms with E-state index in [1.165, 1.54) is 12.1 Å². The highest BCUT2D eigenvalue weighted by molar-refractivity contribution is 6.05. The third kappa shape index (κ3) is 4.93. The first-order chi connectivity index (χ1) is 12.6. The summed E-state index contributed by atoms with van der Waals surface area (Å²) < 4.78 is 1.85. The maximum Gasteiger partial charge on any atom is 0.322 e. The zero-order valence-electron chi connectivity index (χ0n) is 15.9. The Hall–Kier alpha value is -3.16. The van der Waals surface area contributed by atoms with Crippen LogP contribution in [-0.4, -0.2) is 39.2 Å². The SMILES string of the molecule is CCc1c(C(=O)Nc2ccc(C(=O)NCC(=O)O)cc2)cnn1C(C)(C)C. The molecule has 3 N–H and O–H groups in total. The molecule has 27 heavy (non-hydrogen) atoms. The van der Waals surface area contributed by atoms with Crippen LogP contribution in [0.15, 0.2) is 30.5 Å². The number of amides is 2. The second-order valence-corrected chi connectivity index (χ2v) is 7.05. The van der Waals surface area contributed by atoms with Gasteiger partial charge in [-0.15, -0.1) is 0 Å². The molecule has 2 aromatic rings. The fourth-order valence-corrected chi connectivity index (χ4v) is 2.64. The van der Waals surface area contributed by atoms with Gasteiger partial charge >= 0.3 is 5.97 Å². The van der Waals surface area contributed by atoms with Crippen molar-refractivity contribution in [1.82, 2.24) is 15.1 Å². The number of carboxylic acid groups (broad SMARTS) is 1. The zero-order chi connectivity index (χ0) is 20.2. The van der Waals surface area contributed by atoms with E-state index in [0.29, 0.717) is 23.2 Å². The quantitative estimate of drug-likeness (QED) is 0.720. The molecular weight excluding hydrogens is 348 g/mol. The van der Waals surface area contributed by atoms with E-state index in [1.807, 2.05) is 32.4 Å². The number of nitrogens with zero attached hydrogens (tertiary/aromatic N) is 2. The maximum atomic E-state index is 12.6. The molecule has 1 aromatic heterocycles. The summed E-state index contributed by atoms with van der Waals surface area (Å²) in [6, 6.07) is 6.22. The van der Waals surface area contributed by atoms with Crippen molar-refractivity contribution in [3.8, 4) is 0 Å². The second-order valence-electron chi connectivity index (χ2n) is 7.05. The van der Waals surface area contributed by atoms with Gasteiger partial charge < -0.3 is 15.7 Å². The van der Waals surface area contributed by atoms with Gasteiger partial charge in [0.25, 0.3) is 11.8 Å². The third-order valence-corrected chi connectivity index (χ3v) is 3.89. The molecule has 0 saturated heterocycles. The topological polar surface area (TPSA) is 113 Å². The van der Waals surface area contributed by atoms with Gasteiger partial charge in [0, 0.05) is 11.3 Å². The molecule has 0 aliphatic rings. The minimum atomic E-state index is -1.12. The first-order valence-electron chi connectivity index (χ1n) is 8.62. The average molecular weight is 372 g/mol. The maximum absolute atomic E-state index is 12.6. The van der Waals surface area contributed by atoms with Gasteiger partial charge in [-0.25, -0.2) is 0 Å². The molecule has 0 fully saturated rings. The summed E-state index contributed by atoms with van der Waals surface area (Å²) in [4.78, 5) is 34.9. The van der Waals surface area contributed by atoms with E-state index < -0.39 is 18.4 Å². The van der Waals surface area contributed by atoms with Gasteiger partial charge in [0.15, 0.2) is 0 Å². The Kier molecular flexibility index (Phi) is 5.99. The molecule has 0 aliphatic carbocycles. The predicted molar refractivity (Wildman–Crippen MR) is 101 cm³/mol. The molecule has 0 saturated carbocycles. The highest BCUT2D eigenvalue weighted by Gasteiger charge is 2.23. The Morgan fingerprint density at radius 1 is 1.11 bits per heavy atom. The molecule has 0 radical (unpaired) electrons. The van der Waals surface area contributed by atoms with E-state index in [1.54, 1.807) is 18.3 Å². The Morgan fingerprint density at radius 2 is 1.74 bits per heavy atom. The molecule has 1 heterocycles. The molecule has 0 atom stereocenters. The number of rotatable bonds is 6. The molecule has 0 spiro atoms. The number of carbonyl (C=O) groups excluding carboxylic acids is 2. The zero-order valence-corrected chi connectivity index (χ0v) is 15.9. The van der Waals surface area contributed by atoms with Crippen molar-refractivity contribution in [2.75, 3.05) is 11.9 Å². The molecule has 0 unspecified atom stereocenters. The van der Waals surface area contributed by atoms with E-state index in [-0.39, 0.29) is 11.4 Å². The lowest BCUT2D eigenvalue weighted by molar-refractivity contribution is -0.135. The van der Waals surface area contributed by atoms with Crippen molar-refractivity contribution in [3.63, 3.8) is 0 Å². The van der Waals surface area contributed by atoms with Gasteiger partial charge in [-0.3, -0.25) is 19.1 Å². The van der Waals surface area contributed by atoms with Crippen LogP contribution in [0.1, 0.15) is 54.1 Å². The Morgan fingerprint density at radius 3 is 2.26 bits per heavy atom. The summed E-state index contributed by atoms with van der Waals surface area (Å²) in [6.45, 7) is 7.59. The lowest BCUT2D eigenvalue weighted by Gasteiger charge is -2.22. The summed E-state index contributed by atoms with van der Waals surface area (Å²) in [5, 5.41) is 18.0. The van der Waals surface area contributed by atoms with Crippen molar-refractivity contribution in [1.29, 1.82) is 0 Å². The normalized spacial score (nSPS) is 11.1. The molecule has 0 bridgehead atoms. The third-order valence-electron chi connectivity index (χ3n) is 3.89. The number of hydrogen-bond donors (Lipinski definition) is 3. The summed E-state index contributed by atoms with van der Waals surface area (Å²) in [7, 11) is 0. The molecule has 144 valence electrons. The number of benzene rings is 1.